The van der Waals surface area contributed by atoms with Gasteiger partial charge in [-0.05, 0) is 43.9 Å². The summed E-state index contributed by atoms with van der Waals surface area (Å²) in [7, 11) is 5.10. The number of phenols is 1. The number of methoxy groups -OCH3 is 1. The van der Waals surface area contributed by atoms with Gasteiger partial charge in [0.2, 0.25) is 0 Å². The molecule has 1 aliphatic heterocycles. The molecule has 31 heavy (non-hydrogen) atoms. The number of rotatable bonds is 6. The summed E-state index contributed by atoms with van der Waals surface area (Å²) in [5, 5.41) is 21.3. The Bertz CT molecular complexity index is 1040. The van der Waals surface area contributed by atoms with Gasteiger partial charge in [-0.1, -0.05) is 35.3 Å². The summed E-state index contributed by atoms with van der Waals surface area (Å²) < 4.78 is 5.13. The molecule has 0 aliphatic carbocycles. The van der Waals surface area contributed by atoms with E-state index in [-0.39, 0.29) is 39.2 Å². The first-order valence-electron chi connectivity index (χ1n) is 9.41. The molecule has 1 unspecified atom stereocenters. The van der Waals surface area contributed by atoms with E-state index in [9.17, 15) is 19.8 Å². The molecule has 164 valence electrons. The van der Waals surface area contributed by atoms with Gasteiger partial charge in [0.15, 0.2) is 5.75 Å². The summed E-state index contributed by atoms with van der Waals surface area (Å²) in [6, 6.07) is 8.17. The second kappa shape index (κ2) is 9.18. The van der Waals surface area contributed by atoms with Crippen molar-refractivity contribution in [3.05, 3.63) is 63.1 Å². The number of aliphatic hydroxyl groups excluding tert-OH is 1. The molecule has 1 saturated heterocycles. The van der Waals surface area contributed by atoms with Crippen LogP contribution in [0, 0.1) is 0 Å². The average Bonchev–Trinajstić information content (AvgIpc) is 2.96. The molecular weight excluding hydrogens is 443 g/mol. The molecule has 1 aliphatic rings. The normalized spacial score (nSPS) is 18.1. The fourth-order valence-corrected chi connectivity index (χ4v) is 4.15. The lowest BCUT2D eigenvalue weighted by atomic mass is 9.95. The number of likely N-dealkylation sites (tertiary alicyclic amines) is 1. The van der Waals surface area contributed by atoms with Crippen molar-refractivity contribution in [2.24, 2.45) is 0 Å². The monoisotopic (exact) mass is 464 g/mol. The van der Waals surface area contributed by atoms with Gasteiger partial charge < -0.3 is 24.7 Å². The number of aromatic hydroxyl groups is 1. The van der Waals surface area contributed by atoms with Crippen molar-refractivity contribution in [3.63, 3.8) is 0 Å². The first-order valence-corrected chi connectivity index (χ1v) is 10.2. The third-order valence-corrected chi connectivity index (χ3v) is 5.55. The quantitative estimate of drug-likeness (QED) is 0.384. The van der Waals surface area contributed by atoms with Crippen LogP contribution in [0.5, 0.6) is 11.5 Å². The van der Waals surface area contributed by atoms with Crippen LogP contribution in [-0.4, -0.2) is 66.0 Å². The molecule has 1 amide bonds. The van der Waals surface area contributed by atoms with Crippen molar-refractivity contribution in [3.8, 4) is 11.5 Å². The zero-order chi connectivity index (χ0) is 22.9. The minimum atomic E-state index is -0.883. The average molecular weight is 465 g/mol. The number of ketones is 1. The van der Waals surface area contributed by atoms with Gasteiger partial charge in [0, 0.05) is 18.7 Å². The lowest BCUT2D eigenvalue weighted by molar-refractivity contribution is -0.140. The summed E-state index contributed by atoms with van der Waals surface area (Å²) in [5.74, 6) is -1.76. The zero-order valence-corrected chi connectivity index (χ0v) is 18.7. The molecule has 7 nitrogen and oxygen atoms in total. The smallest absolute Gasteiger partial charge is 0.295 e. The van der Waals surface area contributed by atoms with E-state index in [4.69, 9.17) is 27.9 Å². The first kappa shape index (κ1) is 22.9. The molecule has 2 aromatic carbocycles. The highest BCUT2D eigenvalue weighted by atomic mass is 35.5. The number of benzene rings is 2. The topological polar surface area (TPSA) is 90.3 Å². The largest absolute Gasteiger partial charge is 0.508 e. The van der Waals surface area contributed by atoms with Gasteiger partial charge in [0.1, 0.15) is 11.5 Å². The number of aliphatic hydroxyl groups is 1. The Hall–Kier alpha value is -2.74. The molecule has 2 aromatic rings. The van der Waals surface area contributed by atoms with Crippen molar-refractivity contribution in [2.45, 2.75) is 6.04 Å². The van der Waals surface area contributed by atoms with Crippen LogP contribution < -0.4 is 4.74 Å². The lowest BCUT2D eigenvalue weighted by Crippen LogP contribution is -2.35. The van der Waals surface area contributed by atoms with E-state index in [0.29, 0.717) is 12.1 Å². The Morgan fingerprint density at radius 3 is 2.35 bits per heavy atom. The van der Waals surface area contributed by atoms with Crippen LogP contribution in [0.3, 0.4) is 0 Å². The Balaban J connectivity index is 2.19. The standard InChI is InChI=1S/C22H22Cl2N2O5/c1-25(2)7-8-26-18(12-5-4-6-14(27)9-12)17(20(29)22(26)30)19(28)13-10-15(23)21(31-3)16(24)11-13/h4-6,9-11,18,27-28H,7-8H2,1-3H3/b19-17+. The molecule has 0 saturated carbocycles. The second-order valence-corrected chi connectivity index (χ2v) is 8.18. The number of ether oxygens (including phenoxy) is 1. The first-order chi connectivity index (χ1) is 14.6. The zero-order valence-electron chi connectivity index (χ0n) is 17.2. The molecule has 0 radical (unpaired) electrons. The van der Waals surface area contributed by atoms with Crippen molar-refractivity contribution in [1.29, 1.82) is 0 Å². The van der Waals surface area contributed by atoms with Crippen LogP contribution >= 0.6 is 23.2 Å². The molecule has 9 heteroatoms. The third kappa shape index (κ3) is 4.49. The molecule has 0 spiro atoms. The van der Waals surface area contributed by atoms with Crippen molar-refractivity contribution in [2.75, 3.05) is 34.3 Å². The van der Waals surface area contributed by atoms with Crippen LogP contribution in [0.2, 0.25) is 10.0 Å². The fraction of sp³-hybridized carbons (Fsp3) is 0.273. The number of carbonyl (C=O) groups is 2. The number of likely N-dealkylation sites (N-methyl/N-ethyl adjacent to an activating group) is 1. The SMILES string of the molecule is COc1c(Cl)cc(/C(O)=C2\C(=O)C(=O)N(CCN(C)C)C2c2cccc(O)c2)cc1Cl. The summed E-state index contributed by atoms with van der Waals surface area (Å²) in [4.78, 5) is 29.1. The second-order valence-electron chi connectivity index (χ2n) is 7.36. The van der Waals surface area contributed by atoms with E-state index >= 15 is 0 Å². The summed E-state index contributed by atoms with van der Waals surface area (Å²) in [6.45, 7) is 0.751. The van der Waals surface area contributed by atoms with Gasteiger partial charge in [-0.25, -0.2) is 0 Å². The van der Waals surface area contributed by atoms with E-state index in [0.717, 1.165) is 0 Å². The highest BCUT2D eigenvalue weighted by molar-refractivity contribution is 6.46. The van der Waals surface area contributed by atoms with E-state index in [1.54, 1.807) is 12.1 Å². The number of carbonyl (C=O) groups excluding carboxylic acids is 2. The molecule has 0 bridgehead atoms. The Morgan fingerprint density at radius 2 is 1.81 bits per heavy atom. The number of halogens is 2. The Kier molecular flexibility index (Phi) is 6.79. The van der Waals surface area contributed by atoms with Crippen LogP contribution in [0.4, 0.5) is 0 Å². The maximum absolute atomic E-state index is 13.0. The third-order valence-electron chi connectivity index (χ3n) is 4.99. The summed E-state index contributed by atoms with van der Waals surface area (Å²) in [6.07, 6.45) is 0. The van der Waals surface area contributed by atoms with Gasteiger partial charge in [-0.2, -0.15) is 0 Å². The number of phenolic OH excluding ortho intramolecular Hbond substituents is 1. The Labute approximate surface area is 190 Å². The minimum Gasteiger partial charge on any atom is -0.508 e. The number of nitrogens with zero attached hydrogens (tertiary/aromatic N) is 2. The molecule has 1 atom stereocenters. The van der Waals surface area contributed by atoms with Gasteiger partial charge in [-0.3, -0.25) is 9.59 Å². The number of amides is 1. The highest BCUT2D eigenvalue weighted by Gasteiger charge is 2.46. The van der Waals surface area contributed by atoms with Crippen molar-refractivity contribution < 1.29 is 24.5 Å². The van der Waals surface area contributed by atoms with Crippen LogP contribution in [0.25, 0.3) is 5.76 Å². The molecule has 3 rings (SSSR count). The molecule has 1 heterocycles. The van der Waals surface area contributed by atoms with Crippen LogP contribution in [0.1, 0.15) is 17.2 Å². The highest BCUT2D eigenvalue weighted by Crippen LogP contribution is 2.42. The molecule has 0 aromatic heterocycles. The van der Waals surface area contributed by atoms with Crippen molar-refractivity contribution in [1.82, 2.24) is 9.80 Å². The molecular formula is C22H22Cl2N2O5. The van der Waals surface area contributed by atoms with Crippen molar-refractivity contribution >= 4 is 40.7 Å². The number of hydrogen-bond acceptors (Lipinski definition) is 6. The predicted molar refractivity (Wildman–Crippen MR) is 119 cm³/mol. The summed E-state index contributed by atoms with van der Waals surface area (Å²) >= 11 is 12.4. The Morgan fingerprint density at radius 1 is 1.16 bits per heavy atom. The van der Waals surface area contributed by atoms with Crippen LogP contribution in [-0.2, 0) is 9.59 Å². The molecule has 1 fully saturated rings. The van der Waals surface area contributed by atoms with Gasteiger partial charge in [0.05, 0.1) is 28.8 Å². The van der Waals surface area contributed by atoms with Gasteiger partial charge in [0.25, 0.3) is 11.7 Å². The lowest BCUT2D eigenvalue weighted by Gasteiger charge is -2.26. The van der Waals surface area contributed by atoms with E-state index in [1.165, 1.54) is 36.3 Å². The molecule has 2 N–H and O–H groups in total. The predicted octanol–water partition coefficient (Wildman–Crippen LogP) is 3.69. The maximum atomic E-state index is 13.0. The summed E-state index contributed by atoms with van der Waals surface area (Å²) in [5.41, 5.74) is 0.559. The minimum absolute atomic E-state index is 0.0220. The maximum Gasteiger partial charge on any atom is 0.295 e. The fourth-order valence-electron chi connectivity index (χ4n) is 3.51. The van der Waals surface area contributed by atoms with E-state index in [1.807, 2.05) is 19.0 Å². The van der Waals surface area contributed by atoms with Gasteiger partial charge >= 0.3 is 0 Å². The number of hydrogen-bond donors (Lipinski definition) is 2. The number of Topliss-reactive ketones (excluding diaryl/α,β-unsaturated/α-hetero) is 1. The van der Waals surface area contributed by atoms with Gasteiger partial charge in [-0.15, -0.1) is 0 Å². The van der Waals surface area contributed by atoms with Crippen LogP contribution in [0.15, 0.2) is 42.0 Å². The van der Waals surface area contributed by atoms with E-state index < -0.39 is 23.5 Å². The van der Waals surface area contributed by atoms with E-state index in [2.05, 4.69) is 0 Å².